The van der Waals surface area contributed by atoms with Gasteiger partial charge in [-0.1, -0.05) is 18.8 Å². The third kappa shape index (κ3) is 2.78. The Morgan fingerprint density at radius 2 is 2.06 bits per heavy atom. The number of rotatable bonds is 3. The fourth-order valence-corrected chi connectivity index (χ4v) is 3.29. The minimum atomic E-state index is 0.215. The third-order valence-corrected chi connectivity index (χ3v) is 4.15. The van der Waals surface area contributed by atoms with Crippen LogP contribution in [0.1, 0.15) is 45.4 Å². The number of terminal acetylenes is 1. The molecule has 2 aliphatic rings. The van der Waals surface area contributed by atoms with Crippen LogP contribution in [0.4, 0.5) is 0 Å². The SMILES string of the molecule is C#CC(C)NC1CCCCC1C1CCCN1. The fraction of sp³-hybridized carbons (Fsp3) is 0.857. The van der Waals surface area contributed by atoms with E-state index in [4.69, 9.17) is 6.42 Å². The van der Waals surface area contributed by atoms with Gasteiger partial charge in [-0.3, -0.25) is 0 Å². The van der Waals surface area contributed by atoms with Crippen LogP contribution in [0.15, 0.2) is 0 Å². The van der Waals surface area contributed by atoms with Crippen molar-refractivity contribution in [2.24, 2.45) is 5.92 Å². The van der Waals surface area contributed by atoms with Gasteiger partial charge < -0.3 is 10.6 Å². The van der Waals surface area contributed by atoms with Crippen LogP contribution in [0.25, 0.3) is 0 Å². The number of hydrogen-bond acceptors (Lipinski definition) is 2. The molecule has 2 heteroatoms. The molecule has 1 saturated carbocycles. The maximum atomic E-state index is 5.46. The van der Waals surface area contributed by atoms with Gasteiger partial charge in [0.15, 0.2) is 0 Å². The lowest BCUT2D eigenvalue weighted by molar-refractivity contribution is 0.210. The first kappa shape index (κ1) is 12.0. The van der Waals surface area contributed by atoms with E-state index in [0.717, 1.165) is 12.0 Å². The van der Waals surface area contributed by atoms with Crippen LogP contribution < -0.4 is 10.6 Å². The molecule has 2 fully saturated rings. The predicted molar refractivity (Wildman–Crippen MR) is 68.2 cm³/mol. The highest BCUT2D eigenvalue weighted by molar-refractivity contribution is 5.00. The monoisotopic (exact) mass is 220 g/mol. The molecule has 0 radical (unpaired) electrons. The first-order chi connectivity index (χ1) is 7.81. The summed E-state index contributed by atoms with van der Waals surface area (Å²) in [6.07, 6.45) is 13.6. The molecule has 2 N–H and O–H groups in total. The summed E-state index contributed by atoms with van der Waals surface area (Å²) in [5, 5.41) is 7.28. The molecule has 2 nitrogen and oxygen atoms in total. The molecule has 0 aromatic heterocycles. The highest BCUT2D eigenvalue weighted by atomic mass is 15.0. The van der Waals surface area contributed by atoms with Gasteiger partial charge in [0.05, 0.1) is 6.04 Å². The summed E-state index contributed by atoms with van der Waals surface area (Å²) in [6, 6.07) is 1.59. The van der Waals surface area contributed by atoms with Gasteiger partial charge in [-0.15, -0.1) is 6.42 Å². The van der Waals surface area contributed by atoms with Crippen molar-refractivity contribution >= 4 is 0 Å². The average molecular weight is 220 g/mol. The van der Waals surface area contributed by atoms with Crippen LogP contribution in [-0.4, -0.2) is 24.7 Å². The van der Waals surface area contributed by atoms with Crippen LogP contribution in [-0.2, 0) is 0 Å². The smallest absolute Gasteiger partial charge is 0.0660 e. The van der Waals surface area contributed by atoms with Crippen molar-refractivity contribution in [3.05, 3.63) is 0 Å². The Kier molecular flexibility index (Phi) is 4.26. The van der Waals surface area contributed by atoms with Gasteiger partial charge in [-0.05, 0) is 45.1 Å². The molecule has 1 aliphatic carbocycles. The zero-order valence-electron chi connectivity index (χ0n) is 10.3. The standard InChI is InChI=1S/C14H24N2/c1-3-11(2)16-14-8-5-4-7-12(14)13-9-6-10-15-13/h1,11-16H,4-10H2,2H3. The van der Waals surface area contributed by atoms with E-state index in [1.165, 1.54) is 45.1 Å². The highest BCUT2D eigenvalue weighted by Crippen LogP contribution is 2.30. The molecule has 2 rings (SSSR count). The van der Waals surface area contributed by atoms with E-state index >= 15 is 0 Å². The number of hydrogen-bond donors (Lipinski definition) is 2. The van der Waals surface area contributed by atoms with Gasteiger partial charge in [0, 0.05) is 12.1 Å². The molecule has 1 saturated heterocycles. The molecule has 0 amide bonds. The highest BCUT2D eigenvalue weighted by Gasteiger charge is 2.33. The summed E-state index contributed by atoms with van der Waals surface area (Å²) >= 11 is 0. The average Bonchev–Trinajstić information content (AvgIpc) is 2.83. The van der Waals surface area contributed by atoms with Gasteiger partial charge in [0.1, 0.15) is 0 Å². The molecule has 90 valence electrons. The minimum Gasteiger partial charge on any atom is -0.314 e. The topological polar surface area (TPSA) is 24.1 Å². The van der Waals surface area contributed by atoms with E-state index in [-0.39, 0.29) is 6.04 Å². The molecule has 0 spiro atoms. The normalized spacial score (nSPS) is 36.9. The van der Waals surface area contributed by atoms with Crippen LogP contribution >= 0.6 is 0 Å². The molecule has 0 aromatic rings. The van der Waals surface area contributed by atoms with Crippen LogP contribution in [0.5, 0.6) is 0 Å². The van der Waals surface area contributed by atoms with Crippen molar-refractivity contribution < 1.29 is 0 Å². The number of nitrogens with one attached hydrogen (secondary N) is 2. The van der Waals surface area contributed by atoms with Gasteiger partial charge >= 0.3 is 0 Å². The molecule has 1 aliphatic heterocycles. The van der Waals surface area contributed by atoms with E-state index in [1.54, 1.807) is 0 Å². The molecule has 0 bridgehead atoms. The lowest BCUT2D eigenvalue weighted by Gasteiger charge is -2.37. The van der Waals surface area contributed by atoms with E-state index in [2.05, 4.69) is 23.5 Å². The molecule has 4 atom stereocenters. The minimum absolute atomic E-state index is 0.215. The van der Waals surface area contributed by atoms with Crippen LogP contribution in [0.3, 0.4) is 0 Å². The van der Waals surface area contributed by atoms with E-state index in [9.17, 15) is 0 Å². The van der Waals surface area contributed by atoms with E-state index in [0.29, 0.717) is 6.04 Å². The summed E-state index contributed by atoms with van der Waals surface area (Å²) < 4.78 is 0. The summed E-state index contributed by atoms with van der Waals surface area (Å²) in [5.41, 5.74) is 0. The predicted octanol–water partition coefficient (Wildman–Crippen LogP) is 1.91. The van der Waals surface area contributed by atoms with Crippen LogP contribution in [0, 0.1) is 18.3 Å². The lowest BCUT2D eigenvalue weighted by Crippen LogP contribution is -2.49. The summed E-state index contributed by atoms with van der Waals surface area (Å²) in [5.74, 6) is 3.59. The second-order valence-corrected chi connectivity index (χ2v) is 5.31. The maximum absolute atomic E-state index is 5.46. The van der Waals surface area contributed by atoms with Crippen molar-refractivity contribution in [2.75, 3.05) is 6.54 Å². The quantitative estimate of drug-likeness (QED) is 0.710. The van der Waals surface area contributed by atoms with Crippen LogP contribution in [0.2, 0.25) is 0 Å². The van der Waals surface area contributed by atoms with Crippen molar-refractivity contribution in [2.45, 2.75) is 63.6 Å². The van der Waals surface area contributed by atoms with Crippen molar-refractivity contribution in [3.8, 4) is 12.3 Å². The Balaban J connectivity index is 1.93. The Morgan fingerprint density at radius 3 is 2.75 bits per heavy atom. The van der Waals surface area contributed by atoms with E-state index < -0.39 is 0 Å². The molecule has 4 unspecified atom stereocenters. The third-order valence-electron chi connectivity index (χ3n) is 4.15. The molecular formula is C14H24N2. The van der Waals surface area contributed by atoms with Gasteiger partial charge in [0.25, 0.3) is 0 Å². The molecule has 0 aromatic carbocycles. The Bertz CT molecular complexity index is 250. The maximum Gasteiger partial charge on any atom is 0.0660 e. The zero-order valence-corrected chi connectivity index (χ0v) is 10.3. The first-order valence-electron chi connectivity index (χ1n) is 6.77. The van der Waals surface area contributed by atoms with Crippen molar-refractivity contribution in [3.63, 3.8) is 0 Å². The van der Waals surface area contributed by atoms with Gasteiger partial charge in [0.2, 0.25) is 0 Å². The van der Waals surface area contributed by atoms with Gasteiger partial charge in [-0.25, -0.2) is 0 Å². The summed E-state index contributed by atoms with van der Waals surface area (Å²) in [6.45, 7) is 3.30. The Morgan fingerprint density at radius 1 is 1.25 bits per heavy atom. The lowest BCUT2D eigenvalue weighted by atomic mass is 9.79. The Hall–Kier alpha value is -0.520. The fourth-order valence-electron chi connectivity index (χ4n) is 3.29. The molecule has 1 heterocycles. The zero-order chi connectivity index (χ0) is 11.4. The summed E-state index contributed by atoms with van der Waals surface area (Å²) in [4.78, 5) is 0. The van der Waals surface area contributed by atoms with E-state index in [1.807, 2.05) is 0 Å². The van der Waals surface area contributed by atoms with Crippen molar-refractivity contribution in [1.82, 2.24) is 10.6 Å². The second kappa shape index (κ2) is 5.70. The first-order valence-corrected chi connectivity index (χ1v) is 6.77. The molecule has 16 heavy (non-hydrogen) atoms. The molecular weight excluding hydrogens is 196 g/mol. The summed E-state index contributed by atoms with van der Waals surface area (Å²) in [7, 11) is 0. The second-order valence-electron chi connectivity index (χ2n) is 5.31. The largest absolute Gasteiger partial charge is 0.314 e. The van der Waals surface area contributed by atoms with Crippen molar-refractivity contribution in [1.29, 1.82) is 0 Å². The van der Waals surface area contributed by atoms with Gasteiger partial charge in [-0.2, -0.15) is 0 Å². The Labute approximate surface area is 99.6 Å².